The topological polar surface area (TPSA) is 23.8 Å². The van der Waals surface area contributed by atoms with Crippen LogP contribution in [0.5, 0.6) is 0 Å². The van der Waals surface area contributed by atoms with Gasteiger partial charge in [-0.2, -0.15) is 5.26 Å². The number of rotatable bonds is 6. The predicted molar refractivity (Wildman–Crippen MR) is 202 cm³/mol. The summed E-state index contributed by atoms with van der Waals surface area (Å²) in [6.07, 6.45) is 10.3. The van der Waals surface area contributed by atoms with Crippen molar-refractivity contribution >= 4 is 6.08 Å². The van der Waals surface area contributed by atoms with Crippen molar-refractivity contribution in [3.8, 4) is 6.07 Å². The average molecular weight is 582 g/mol. The first-order chi connectivity index (χ1) is 20.3. The maximum Gasteiger partial charge on any atom is 0.0944 e. The number of nitriles is 1. The van der Waals surface area contributed by atoms with Gasteiger partial charge in [-0.3, -0.25) is 0 Å². The first-order valence-corrected chi connectivity index (χ1v) is 16.7. The number of nitrogens with zero attached hydrogens (tertiary/aromatic N) is 1. The zero-order valence-electron chi connectivity index (χ0n) is 31.6. The Labute approximate surface area is 267 Å². The van der Waals surface area contributed by atoms with Crippen LogP contribution in [-0.4, -0.2) is 0 Å². The monoisotopic (exact) mass is 582 g/mol. The summed E-state index contributed by atoms with van der Waals surface area (Å²) in [5, 5.41) is 8.10. The SMILES string of the molecule is C=C/C=C(\C)C#N.C=Cc1cccc(C)c1.CC.CC.CC.CC.CC.CCCC(C)CC.CCc1ccccc1C. The minimum atomic E-state index is 0.690. The highest BCUT2D eigenvalue weighted by molar-refractivity contribution is 5.47. The van der Waals surface area contributed by atoms with Crippen molar-refractivity contribution in [2.24, 2.45) is 5.92 Å². The molecule has 1 nitrogen and oxygen atoms in total. The minimum absolute atomic E-state index is 0.690. The Morgan fingerprint density at radius 2 is 1.31 bits per heavy atom. The fourth-order valence-corrected chi connectivity index (χ4v) is 2.71. The van der Waals surface area contributed by atoms with Crippen molar-refractivity contribution in [1.82, 2.24) is 0 Å². The smallest absolute Gasteiger partial charge is 0.0944 e. The van der Waals surface area contributed by atoms with Gasteiger partial charge in [-0.25, -0.2) is 0 Å². The fraction of sp³-hybridized carbons (Fsp3) is 0.537. The molecular formula is C41H75N. The van der Waals surface area contributed by atoms with Gasteiger partial charge in [0.25, 0.3) is 0 Å². The molecule has 1 heteroatoms. The van der Waals surface area contributed by atoms with E-state index >= 15 is 0 Å². The van der Waals surface area contributed by atoms with E-state index in [2.05, 4.69) is 91.1 Å². The first kappa shape index (κ1) is 55.1. The second-order valence-corrected chi connectivity index (χ2v) is 7.90. The van der Waals surface area contributed by atoms with Crippen molar-refractivity contribution in [2.75, 3.05) is 0 Å². The molecule has 0 bridgehead atoms. The number of allylic oxidation sites excluding steroid dienone is 3. The van der Waals surface area contributed by atoms with Crippen LogP contribution in [0.25, 0.3) is 6.08 Å². The molecule has 0 amide bonds. The Balaban J connectivity index is -0.0000000709. The molecular weight excluding hydrogens is 506 g/mol. The summed E-state index contributed by atoms with van der Waals surface area (Å²) in [7, 11) is 0. The van der Waals surface area contributed by atoms with Gasteiger partial charge >= 0.3 is 0 Å². The summed E-state index contributed by atoms with van der Waals surface area (Å²) in [6, 6.07) is 18.7. The Kier molecular flexibility index (Phi) is 71.2. The van der Waals surface area contributed by atoms with E-state index in [1.54, 1.807) is 19.1 Å². The second-order valence-electron chi connectivity index (χ2n) is 7.90. The third-order valence-electron chi connectivity index (χ3n) is 4.94. The van der Waals surface area contributed by atoms with E-state index in [1.807, 2.05) is 93.5 Å². The zero-order valence-corrected chi connectivity index (χ0v) is 31.6. The van der Waals surface area contributed by atoms with Crippen LogP contribution in [0.15, 0.2) is 79.4 Å². The molecule has 0 saturated carbocycles. The van der Waals surface area contributed by atoms with Gasteiger partial charge < -0.3 is 0 Å². The molecule has 0 spiro atoms. The molecule has 2 rings (SSSR count). The Bertz CT molecular complexity index is 821. The maximum atomic E-state index is 8.10. The lowest BCUT2D eigenvalue weighted by Gasteiger charge is -2.02. The largest absolute Gasteiger partial charge is 0.193 e. The summed E-state index contributed by atoms with van der Waals surface area (Å²) in [6.45, 7) is 42.0. The van der Waals surface area contributed by atoms with Crippen molar-refractivity contribution < 1.29 is 0 Å². The maximum absolute atomic E-state index is 8.10. The lowest BCUT2D eigenvalue weighted by molar-refractivity contribution is 0.509. The highest BCUT2D eigenvalue weighted by Crippen LogP contribution is 2.07. The van der Waals surface area contributed by atoms with Crippen LogP contribution in [0.2, 0.25) is 0 Å². The van der Waals surface area contributed by atoms with Crippen molar-refractivity contribution in [2.45, 2.75) is 143 Å². The van der Waals surface area contributed by atoms with Gasteiger partial charge in [0, 0.05) is 5.57 Å². The first-order valence-electron chi connectivity index (χ1n) is 16.7. The standard InChI is InChI=1S/C9H10.C9H12.C7H16.C6H7N.5C2H6/c1-3-9-6-4-5-8(2)7-9;1-3-9-7-5-4-6-8(9)2;1-4-6-7(3)5-2;1-3-4-6(2)5-7;5*1-2/h3-7H,1H2,2H3;4-7H,3H2,1-2H3;7H,4-6H2,1-3H3;3-4H,1H2,2H3;5*1-2H3/b;;;6-4+;;;;;. The van der Waals surface area contributed by atoms with Crippen LogP contribution in [0.1, 0.15) is 145 Å². The molecule has 0 radical (unpaired) electrons. The molecule has 2 aromatic carbocycles. The van der Waals surface area contributed by atoms with Gasteiger partial charge in [-0.15, -0.1) is 0 Å². The zero-order chi connectivity index (χ0) is 34.8. The van der Waals surface area contributed by atoms with Crippen molar-refractivity contribution in [1.29, 1.82) is 5.26 Å². The molecule has 0 aliphatic heterocycles. The summed E-state index contributed by atoms with van der Waals surface area (Å²) >= 11 is 0. The molecule has 0 saturated heterocycles. The van der Waals surface area contributed by atoms with Crippen LogP contribution < -0.4 is 0 Å². The minimum Gasteiger partial charge on any atom is -0.193 e. The van der Waals surface area contributed by atoms with E-state index in [-0.39, 0.29) is 0 Å². The summed E-state index contributed by atoms with van der Waals surface area (Å²) in [4.78, 5) is 0. The van der Waals surface area contributed by atoms with Crippen molar-refractivity contribution in [3.63, 3.8) is 0 Å². The number of benzene rings is 2. The van der Waals surface area contributed by atoms with E-state index in [4.69, 9.17) is 5.26 Å². The summed E-state index contributed by atoms with van der Waals surface area (Å²) < 4.78 is 0. The quantitative estimate of drug-likeness (QED) is 0.246. The van der Waals surface area contributed by atoms with Gasteiger partial charge in [0.15, 0.2) is 0 Å². The number of aryl methyl sites for hydroxylation is 3. The lowest BCUT2D eigenvalue weighted by atomic mass is 10.0. The number of hydrogen-bond acceptors (Lipinski definition) is 1. The molecule has 244 valence electrons. The van der Waals surface area contributed by atoms with E-state index in [1.165, 1.54) is 41.5 Å². The summed E-state index contributed by atoms with van der Waals surface area (Å²) in [5.41, 5.74) is 6.02. The van der Waals surface area contributed by atoms with Crippen molar-refractivity contribution in [3.05, 3.63) is 102 Å². The molecule has 0 N–H and O–H groups in total. The molecule has 0 heterocycles. The highest BCUT2D eigenvalue weighted by Gasteiger charge is 1.92. The third-order valence-corrected chi connectivity index (χ3v) is 4.94. The number of hydrogen-bond donors (Lipinski definition) is 0. The van der Waals surface area contributed by atoms with E-state index in [0.717, 1.165) is 12.3 Å². The molecule has 42 heavy (non-hydrogen) atoms. The van der Waals surface area contributed by atoms with Crippen LogP contribution in [-0.2, 0) is 6.42 Å². The molecule has 0 fully saturated rings. The normalized spacial score (nSPS) is 8.71. The van der Waals surface area contributed by atoms with Gasteiger partial charge in [-0.1, -0.05) is 196 Å². The van der Waals surface area contributed by atoms with E-state index in [0.29, 0.717) is 5.57 Å². The second kappa shape index (κ2) is 54.3. The Morgan fingerprint density at radius 3 is 1.55 bits per heavy atom. The fourth-order valence-electron chi connectivity index (χ4n) is 2.71. The van der Waals surface area contributed by atoms with Crippen LogP contribution in [0, 0.1) is 31.1 Å². The Hall–Kier alpha value is -2.85. The van der Waals surface area contributed by atoms with Crippen LogP contribution >= 0.6 is 0 Å². The van der Waals surface area contributed by atoms with Crippen LogP contribution in [0.3, 0.4) is 0 Å². The van der Waals surface area contributed by atoms with Crippen LogP contribution in [0.4, 0.5) is 0 Å². The van der Waals surface area contributed by atoms with Gasteiger partial charge in [0.2, 0.25) is 0 Å². The predicted octanol–water partition coefficient (Wildman–Crippen LogP) is 14.8. The molecule has 0 aliphatic carbocycles. The van der Waals surface area contributed by atoms with Gasteiger partial charge in [0.1, 0.15) is 0 Å². The lowest BCUT2D eigenvalue weighted by Crippen LogP contribution is -1.88. The third kappa shape index (κ3) is 47.0. The molecule has 2 aromatic rings. The van der Waals surface area contributed by atoms with Gasteiger partial charge in [0.05, 0.1) is 6.07 Å². The van der Waals surface area contributed by atoms with Gasteiger partial charge in [-0.05, 0) is 55.9 Å². The highest BCUT2D eigenvalue weighted by atomic mass is 14.2. The molecule has 0 aromatic heterocycles. The molecule has 1 unspecified atom stereocenters. The van der Waals surface area contributed by atoms with E-state index in [9.17, 15) is 0 Å². The molecule has 1 atom stereocenters. The summed E-state index contributed by atoms with van der Waals surface area (Å²) in [5.74, 6) is 0.949. The average Bonchev–Trinajstić information content (AvgIpc) is 3.07. The van der Waals surface area contributed by atoms with E-state index < -0.39 is 0 Å². The Morgan fingerprint density at radius 1 is 0.810 bits per heavy atom. The molecule has 0 aliphatic rings.